The molecule has 1 rings (SSSR count). The van der Waals surface area contributed by atoms with Crippen molar-refractivity contribution in [3.63, 3.8) is 0 Å². The molecule has 1 fully saturated rings. The molecule has 3 nitrogen and oxygen atoms in total. The summed E-state index contributed by atoms with van der Waals surface area (Å²) in [7, 11) is 0. The van der Waals surface area contributed by atoms with Crippen molar-refractivity contribution < 1.29 is 0 Å². The Kier molecular flexibility index (Phi) is 7.20. The van der Waals surface area contributed by atoms with Crippen molar-refractivity contribution in [2.75, 3.05) is 39.3 Å². The predicted octanol–water partition coefficient (Wildman–Crippen LogP) is 2.04. The van der Waals surface area contributed by atoms with Gasteiger partial charge < -0.3 is 10.2 Å². The number of hydrogen-bond donors (Lipinski definition) is 1. The lowest BCUT2D eigenvalue weighted by Crippen LogP contribution is -2.50. The fraction of sp³-hybridized carbons (Fsp3) is 1.00. The maximum atomic E-state index is 3.51. The van der Waals surface area contributed by atoms with E-state index in [1.807, 2.05) is 0 Å². The number of nitrogens with one attached hydrogen (secondary N) is 1. The monoisotopic (exact) mass is 255 g/mol. The van der Waals surface area contributed by atoms with Gasteiger partial charge in [-0.3, -0.25) is 4.90 Å². The van der Waals surface area contributed by atoms with E-state index in [-0.39, 0.29) is 0 Å². The van der Waals surface area contributed by atoms with Gasteiger partial charge in [0.05, 0.1) is 0 Å². The fourth-order valence-electron chi connectivity index (χ4n) is 2.67. The molecule has 0 aromatic rings. The summed E-state index contributed by atoms with van der Waals surface area (Å²) in [6.45, 7) is 18.8. The summed E-state index contributed by atoms with van der Waals surface area (Å²) in [5.74, 6) is 0.796. The maximum absolute atomic E-state index is 3.51. The topological polar surface area (TPSA) is 18.5 Å². The van der Waals surface area contributed by atoms with Crippen LogP contribution in [0.2, 0.25) is 0 Å². The number of nitrogens with zero attached hydrogens (tertiary/aromatic N) is 2. The summed E-state index contributed by atoms with van der Waals surface area (Å²) >= 11 is 0. The van der Waals surface area contributed by atoms with E-state index >= 15 is 0 Å². The van der Waals surface area contributed by atoms with Crippen LogP contribution in [0.15, 0.2) is 0 Å². The normalized spacial score (nSPS) is 20.8. The third-order valence-corrected chi connectivity index (χ3v) is 3.77. The molecule has 0 saturated carbocycles. The van der Waals surface area contributed by atoms with Gasteiger partial charge in [-0.05, 0) is 25.8 Å². The molecular formula is C15H33N3. The molecule has 1 atom stereocenters. The molecule has 1 aliphatic rings. The summed E-state index contributed by atoms with van der Waals surface area (Å²) in [4.78, 5) is 5.26. The molecule has 108 valence electrons. The van der Waals surface area contributed by atoms with Crippen LogP contribution in [0.25, 0.3) is 0 Å². The molecular weight excluding hydrogens is 222 g/mol. The van der Waals surface area contributed by atoms with Gasteiger partial charge in [0.25, 0.3) is 0 Å². The lowest BCUT2D eigenvalue weighted by atomic mass is 10.1. The molecule has 0 aromatic heterocycles. The first-order valence-electron chi connectivity index (χ1n) is 7.68. The van der Waals surface area contributed by atoms with Crippen molar-refractivity contribution in [1.82, 2.24) is 15.1 Å². The van der Waals surface area contributed by atoms with Gasteiger partial charge in [-0.1, -0.05) is 27.7 Å². The van der Waals surface area contributed by atoms with E-state index in [4.69, 9.17) is 0 Å². The molecule has 1 aliphatic heterocycles. The molecule has 0 radical (unpaired) electrons. The van der Waals surface area contributed by atoms with E-state index in [0.717, 1.165) is 18.5 Å². The second-order valence-electron chi connectivity index (χ2n) is 6.48. The van der Waals surface area contributed by atoms with E-state index in [1.165, 1.54) is 39.1 Å². The standard InChI is InChI=1S/C15H33N3/c1-13(2)12-17-8-10-18(11-9-17)15(5)6-7-16-14(3)4/h13-16H,6-12H2,1-5H3. The van der Waals surface area contributed by atoms with Crippen LogP contribution in [-0.4, -0.2) is 61.2 Å². The highest BCUT2D eigenvalue weighted by atomic mass is 15.3. The Hall–Kier alpha value is -0.120. The number of rotatable bonds is 7. The molecule has 1 heterocycles. The summed E-state index contributed by atoms with van der Waals surface area (Å²) in [6.07, 6.45) is 1.27. The van der Waals surface area contributed by atoms with Crippen molar-refractivity contribution >= 4 is 0 Å². The van der Waals surface area contributed by atoms with Gasteiger partial charge in [0.2, 0.25) is 0 Å². The van der Waals surface area contributed by atoms with E-state index < -0.39 is 0 Å². The van der Waals surface area contributed by atoms with Gasteiger partial charge in [-0.15, -0.1) is 0 Å². The zero-order valence-electron chi connectivity index (χ0n) is 13.1. The highest BCUT2D eigenvalue weighted by molar-refractivity contribution is 4.77. The largest absolute Gasteiger partial charge is 0.314 e. The first-order valence-corrected chi connectivity index (χ1v) is 7.68. The molecule has 18 heavy (non-hydrogen) atoms. The van der Waals surface area contributed by atoms with Crippen LogP contribution in [0, 0.1) is 5.92 Å². The highest BCUT2D eigenvalue weighted by Gasteiger charge is 2.20. The Morgan fingerprint density at radius 1 is 0.944 bits per heavy atom. The second kappa shape index (κ2) is 8.13. The Balaban J connectivity index is 2.17. The first-order chi connectivity index (χ1) is 8.49. The minimum absolute atomic E-state index is 0.611. The highest BCUT2D eigenvalue weighted by Crippen LogP contribution is 2.10. The lowest BCUT2D eigenvalue weighted by Gasteiger charge is -2.38. The van der Waals surface area contributed by atoms with Crippen molar-refractivity contribution in [3.8, 4) is 0 Å². The first kappa shape index (κ1) is 15.9. The van der Waals surface area contributed by atoms with Gasteiger partial charge in [0, 0.05) is 44.8 Å². The smallest absolute Gasteiger partial charge is 0.0113 e. The van der Waals surface area contributed by atoms with Crippen LogP contribution >= 0.6 is 0 Å². The minimum Gasteiger partial charge on any atom is -0.314 e. The SMILES string of the molecule is CC(C)CN1CCN(C(C)CCNC(C)C)CC1. The summed E-state index contributed by atoms with van der Waals surface area (Å²) in [6, 6.07) is 1.33. The molecule has 0 aliphatic carbocycles. The van der Waals surface area contributed by atoms with Crippen LogP contribution in [0.3, 0.4) is 0 Å². The molecule has 1 unspecified atom stereocenters. The van der Waals surface area contributed by atoms with Gasteiger partial charge in [-0.2, -0.15) is 0 Å². The van der Waals surface area contributed by atoms with Crippen molar-refractivity contribution in [2.45, 2.75) is 53.1 Å². The Morgan fingerprint density at radius 2 is 1.56 bits per heavy atom. The minimum atomic E-state index is 0.611. The summed E-state index contributed by atoms with van der Waals surface area (Å²) in [5, 5.41) is 3.51. The van der Waals surface area contributed by atoms with E-state index in [0.29, 0.717) is 6.04 Å². The van der Waals surface area contributed by atoms with Gasteiger partial charge in [-0.25, -0.2) is 0 Å². The lowest BCUT2D eigenvalue weighted by molar-refractivity contribution is 0.0915. The van der Waals surface area contributed by atoms with Crippen LogP contribution in [0.5, 0.6) is 0 Å². The third-order valence-electron chi connectivity index (χ3n) is 3.77. The third kappa shape index (κ3) is 6.17. The van der Waals surface area contributed by atoms with Gasteiger partial charge in [0.15, 0.2) is 0 Å². The summed E-state index contributed by atoms with van der Waals surface area (Å²) in [5.41, 5.74) is 0. The molecule has 0 spiro atoms. The quantitative estimate of drug-likeness (QED) is 0.751. The van der Waals surface area contributed by atoms with Crippen molar-refractivity contribution in [1.29, 1.82) is 0 Å². The maximum Gasteiger partial charge on any atom is 0.0113 e. The van der Waals surface area contributed by atoms with E-state index in [2.05, 4.69) is 49.7 Å². The Labute approximate surface area is 114 Å². The zero-order valence-corrected chi connectivity index (χ0v) is 13.1. The molecule has 0 bridgehead atoms. The molecule has 1 N–H and O–H groups in total. The number of hydrogen-bond acceptors (Lipinski definition) is 3. The second-order valence-corrected chi connectivity index (χ2v) is 6.48. The summed E-state index contributed by atoms with van der Waals surface area (Å²) < 4.78 is 0. The predicted molar refractivity (Wildman–Crippen MR) is 80.1 cm³/mol. The Morgan fingerprint density at radius 3 is 2.06 bits per heavy atom. The van der Waals surface area contributed by atoms with Crippen molar-refractivity contribution in [3.05, 3.63) is 0 Å². The van der Waals surface area contributed by atoms with E-state index in [9.17, 15) is 0 Å². The van der Waals surface area contributed by atoms with Crippen LogP contribution < -0.4 is 5.32 Å². The van der Waals surface area contributed by atoms with Crippen LogP contribution in [0.1, 0.15) is 41.0 Å². The zero-order chi connectivity index (χ0) is 13.5. The average molecular weight is 255 g/mol. The van der Waals surface area contributed by atoms with Crippen LogP contribution in [0.4, 0.5) is 0 Å². The molecule has 0 amide bonds. The molecule has 1 saturated heterocycles. The molecule has 3 heteroatoms. The Bertz CT molecular complexity index is 208. The fourth-order valence-corrected chi connectivity index (χ4v) is 2.67. The van der Waals surface area contributed by atoms with Gasteiger partial charge in [0.1, 0.15) is 0 Å². The van der Waals surface area contributed by atoms with Crippen LogP contribution in [-0.2, 0) is 0 Å². The van der Waals surface area contributed by atoms with Gasteiger partial charge >= 0.3 is 0 Å². The number of piperazine rings is 1. The van der Waals surface area contributed by atoms with E-state index in [1.54, 1.807) is 0 Å². The molecule has 0 aromatic carbocycles. The average Bonchev–Trinajstić information content (AvgIpc) is 2.28. The van der Waals surface area contributed by atoms with Crippen molar-refractivity contribution in [2.24, 2.45) is 5.92 Å².